The second kappa shape index (κ2) is 7.58. The Balaban J connectivity index is 2.10. The van der Waals surface area contributed by atoms with E-state index in [1.165, 1.54) is 9.58 Å². The molecule has 0 saturated heterocycles. The molecule has 2 aromatic rings. The summed E-state index contributed by atoms with van der Waals surface area (Å²) in [4.78, 5) is 17.6. The van der Waals surface area contributed by atoms with Crippen LogP contribution in [0.15, 0.2) is 43.2 Å². The fraction of sp³-hybridized carbons (Fsp3) is 0.214. The molecule has 0 aliphatic carbocycles. The summed E-state index contributed by atoms with van der Waals surface area (Å²) in [7, 11) is 0. The average Bonchev–Trinajstić information content (AvgIpc) is 2.95. The van der Waals surface area contributed by atoms with Crippen LogP contribution in [0.25, 0.3) is 5.82 Å². The summed E-state index contributed by atoms with van der Waals surface area (Å²) in [6.07, 6.45) is 4.84. The van der Waals surface area contributed by atoms with E-state index < -0.39 is 0 Å². The lowest BCUT2D eigenvalue weighted by atomic mass is 10.4. The minimum atomic E-state index is -0.369. The Bertz CT molecular complexity index is 658. The van der Waals surface area contributed by atoms with Crippen molar-refractivity contribution in [2.75, 3.05) is 25.0 Å². The van der Waals surface area contributed by atoms with Gasteiger partial charge in [0.2, 0.25) is 0 Å². The number of hydrogen-bond donors (Lipinski definition) is 2. The van der Waals surface area contributed by atoms with E-state index in [-0.39, 0.29) is 19.2 Å². The van der Waals surface area contributed by atoms with Crippen LogP contribution in [0.2, 0.25) is 5.02 Å². The maximum absolute atomic E-state index is 12.1. The van der Waals surface area contributed by atoms with Gasteiger partial charge in [-0.05, 0) is 12.1 Å². The third-order valence-corrected chi connectivity index (χ3v) is 3.08. The van der Waals surface area contributed by atoms with Gasteiger partial charge >= 0.3 is 6.03 Å². The first-order chi connectivity index (χ1) is 10.7. The van der Waals surface area contributed by atoms with Crippen LogP contribution in [0.1, 0.15) is 0 Å². The monoisotopic (exact) mass is 321 g/mol. The van der Waals surface area contributed by atoms with Crippen molar-refractivity contribution < 1.29 is 9.90 Å². The summed E-state index contributed by atoms with van der Waals surface area (Å²) >= 11 is 6.05. The van der Waals surface area contributed by atoms with Crippen LogP contribution in [0.4, 0.5) is 10.6 Å². The van der Waals surface area contributed by atoms with Gasteiger partial charge in [-0.2, -0.15) is 0 Å². The number of hydrogen-bond acceptors (Lipinski definition) is 4. The van der Waals surface area contributed by atoms with Gasteiger partial charge in [0.1, 0.15) is 0 Å². The number of carbonyl (C=O) groups excluding carboxylic acids is 1. The molecule has 0 aliphatic rings. The lowest BCUT2D eigenvalue weighted by Crippen LogP contribution is -2.37. The number of pyridine rings is 1. The van der Waals surface area contributed by atoms with Gasteiger partial charge in [0.15, 0.2) is 11.6 Å². The summed E-state index contributed by atoms with van der Waals surface area (Å²) < 4.78 is 1.47. The van der Waals surface area contributed by atoms with Crippen molar-refractivity contribution in [1.82, 2.24) is 19.7 Å². The predicted molar refractivity (Wildman–Crippen MR) is 84.2 cm³/mol. The Hall–Kier alpha value is -2.38. The highest BCUT2D eigenvalue weighted by atomic mass is 35.5. The quantitative estimate of drug-likeness (QED) is 0.796. The average molecular weight is 322 g/mol. The van der Waals surface area contributed by atoms with E-state index in [2.05, 4.69) is 22.0 Å². The van der Waals surface area contributed by atoms with Gasteiger partial charge in [-0.3, -0.25) is 5.32 Å². The normalized spacial score (nSPS) is 10.3. The lowest BCUT2D eigenvalue weighted by molar-refractivity contribution is 0.195. The zero-order valence-corrected chi connectivity index (χ0v) is 12.6. The van der Waals surface area contributed by atoms with E-state index in [0.717, 1.165) is 0 Å². The van der Waals surface area contributed by atoms with Gasteiger partial charge < -0.3 is 10.0 Å². The van der Waals surface area contributed by atoms with E-state index in [4.69, 9.17) is 16.7 Å². The standard InChI is InChI=1S/C14H16ClN5O2/c1-2-7-19(9-10-21)14(22)17-12-5-8-20(18-12)13-11(15)4-3-6-16-13/h2-6,8,21H,1,7,9-10H2,(H,17,18,22). The van der Waals surface area contributed by atoms with Crippen molar-refractivity contribution >= 4 is 23.4 Å². The number of nitrogens with zero attached hydrogens (tertiary/aromatic N) is 4. The molecule has 116 valence electrons. The molecule has 0 fully saturated rings. The van der Waals surface area contributed by atoms with Gasteiger partial charge in [0.05, 0.1) is 11.6 Å². The zero-order chi connectivity index (χ0) is 15.9. The van der Waals surface area contributed by atoms with Crippen LogP contribution in [-0.4, -0.2) is 50.5 Å². The molecule has 2 N–H and O–H groups in total. The van der Waals surface area contributed by atoms with E-state index in [0.29, 0.717) is 23.2 Å². The Morgan fingerprint density at radius 2 is 2.36 bits per heavy atom. The van der Waals surface area contributed by atoms with Crippen LogP contribution < -0.4 is 5.32 Å². The number of aromatic nitrogens is 3. The molecule has 0 radical (unpaired) electrons. The molecule has 0 spiro atoms. The zero-order valence-electron chi connectivity index (χ0n) is 11.8. The Kier molecular flexibility index (Phi) is 5.51. The molecule has 0 aliphatic heterocycles. The highest BCUT2D eigenvalue weighted by molar-refractivity contribution is 6.32. The van der Waals surface area contributed by atoms with Crippen molar-refractivity contribution in [2.45, 2.75) is 0 Å². The van der Waals surface area contributed by atoms with Gasteiger partial charge in [-0.15, -0.1) is 11.7 Å². The second-order valence-corrected chi connectivity index (χ2v) is 4.75. The van der Waals surface area contributed by atoms with E-state index in [1.54, 1.807) is 36.7 Å². The van der Waals surface area contributed by atoms with E-state index >= 15 is 0 Å². The third kappa shape index (κ3) is 3.84. The number of halogens is 1. The minimum absolute atomic E-state index is 0.126. The molecular formula is C14H16ClN5O2. The summed E-state index contributed by atoms with van der Waals surface area (Å²) in [5.74, 6) is 0.835. The number of nitrogens with one attached hydrogen (secondary N) is 1. The molecule has 0 bridgehead atoms. The highest BCUT2D eigenvalue weighted by Crippen LogP contribution is 2.17. The fourth-order valence-corrected chi connectivity index (χ4v) is 2.00. The minimum Gasteiger partial charge on any atom is -0.395 e. The van der Waals surface area contributed by atoms with Crippen LogP contribution in [0.5, 0.6) is 0 Å². The van der Waals surface area contributed by atoms with Crippen LogP contribution >= 0.6 is 11.6 Å². The SMILES string of the molecule is C=CCN(CCO)C(=O)Nc1ccn(-c2ncccc2Cl)n1. The second-order valence-electron chi connectivity index (χ2n) is 4.34. The van der Waals surface area contributed by atoms with Crippen molar-refractivity contribution in [3.63, 3.8) is 0 Å². The first kappa shape index (κ1) is 16.0. The largest absolute Gasteiger partial charge is 0.395 e. The number of urea groups is 1. The van der Waals surface area contributed by atoms with Crippen molar-refractivity contribution in [3.05, 3.63) is 48.3 Å². The Labute approximate surface area is 132 Å². The third-order valence-electron chi connectivity index (χ3n) is 2.79. The molecule has 0 saturated carbocycles. The highest BCUT2D eigenvalue weighted by Gasteiger charge is 2.13. The predicted octanol–water partition coefficient (Wildman–Crippen LogP) is 1.93. The summed E-state index contributed by atoms with van der Waals surface area (Å²) in [5, 5.41) is 16.3. The molecule has 2 heterocycles. The molecule has 2 aromatic heterocycles. The van der Waals surface area contributed by atoms with Crippen LogP contribution in [-0.2, 0) is 0 Å². The Morgan fingerprint density at radius 1 is 1.55 bits per heavy atom. The maximum Gasteiger partial charge on any atom is 0.323 e. The van der Waals surface area contributed by atoms with Gasteiger partial charge in [0, 0.05) is 31.5 Å². The number of anilines is 1. The van der Waals surface area contributed by atoms with Gasteiger partial charge in [-0.25, -0.2) is 14.5 Å². The number of amides is 2. The molecule has 8 heteroatoms. The fourth-order valence-electron chi connectivity index (χ4n) is 1.80. The molecule has 22 heavy (non-hydrogen) atoms. The van der Waals surface area contributed by atoms with Gasteiger partial charge in [0.25, 0.3) is 0 Å². The molecule has 2 amide bonds. The number of aliphatic hydroxyl groups excluding tert-OH is 1. The van der Waals surface area contributed by atoms with Crippen molar-refractivity contribution in [3.8, 4) is 5.82 Å². The van der Waals surface area contributed by atoms with E-state index in [1.807, 2.05) is 0 Å². The molecule has 0 atom stereocenters. The molecule has 2 rings (SSSR count). The summed E-state index contributed by atoms with van der Waals surface area (Å²) in [5.41, 5.74) is 0. The Morgan fingerprint density at radius 3 is 3.05 bits per heavy atom. The van der Waals surface area contributed by atoms with Crippen LogP contribution in [0.3, 0.4) is 0 Å². The molecular weight excluding hydrogens is 306 g/mol. The first-order valence-corrected chi connectivity index (χ1v) is 6.97. The van der Waals surface area contributed by atoms with Crippen LogP contribution in [0, 0.1) is 0 Å². The summed E-state index contributed by atoms with van der Waals surface area (Å²) in [6, 6.07) is 4.69. The molecule has 7 nitrogen and oxygen atoms in total. The van der Waals surface area contributed by atoms with Gasteiger partial charge in [-0.1, -0.05) is 17.7 Å². The number of carbonyl (C=O) groups is 1. The van der Waals surface area contributed by atoms with E-state index in [9.17, 15) is 4.79 Å². The smallest absolute Gasteiger partial charge is 0.323 e. The first-order valence-electron chi connectivity index (χ1n) is 6.60. The lowest BCUT2D eigenvalue weighted by Gasteiger charge is -2.19. The topological polar surface area (TPSA) is 83.3 Å². The number of aliphatic hydroxyl groups is 1. The number of rotatable bonds is 6. The maximum atomic E-state index is 12.1. The van der Waals surface area contributed by atoms with Crippen molar-refractivity contribution in [1.29, 1.82) is 0 Å². The van der Waals surface area contributed by atoms with Crippen molar-refractivity contribution in [2.24, 2.45) is 0 Å². The summed E-state index contributed by atoms with van der Waals surface area (Å²) in [6.45, 7) is 4.00. The molecule has 0 unspecified atom stereocenters. The molecule has 0 aromatic carbocycles.